The van der Waals surface area contributed by atoms with Crippen molar-refractivity contribution in [2.75, 3.05) is 12.8 Å². The van der Waals surface area contributed by atoms with E-state index in [1.807, 2.05) is 18.2 Å². The lowest BCUT2D eigenvalue weighted by atomic mass is 9.86. The maximum atomic E-state index is 6.04. The minimum atomic E-state index is 0.324. The van der Waals surface area contributed by atoms with Crippen molar-refractivity contribution in [3.8, 4) is 11.5 Å². The van der Waals surface area contributed by atoms with Crippen LogP contribution in [-0.2, 0) is 0 Å². The molecule has 0 spiro atoms. The molecule has 0 bridgehead atoms. The van der Waals surface area contributed by atoms with Gasteiger partial charge in [0.25, 0.3) is 0 Å². The van der Waals surface area contributed by atoms with Gasteiger partial charge in [-0.1, -0.05) is 13.3 Å². The zero-order valence-electron chi connectivity index (χ0n) is 11.3. The van der Waals surface area contributed by atoms with Crippen molar-refractivity contribution in [3.05, 3.63) is 18.2 Å². The van der Waals surface area contributed by atoms with Crippen LogP contribution < -0.4 is 15.2 Å². The summed E-state index contributed by atoms with van der Waals surface area (Å²) in [7, 11) is 1.65. The van der Waals surface area contributed by atoms with E-state index in [-0.39, 0.29) is 0 Å². The summed E-state index contributed by atoms with van der Waals surface area (Å²) >= 11 is 0. The normalized spacial score (nSPS) is 23.7. The molecule has 2 N–H and O–H groups in total. The average Bonchev–Trinajstić information content (AvgIpc) is 2.41. The van der Waals surface area contributed by atoms with Crippen molar-refractivity contribution >= 4 is 5.69 Å². The van der Waals surface area contributed by atoms with Gasteiger partial charge in [0.05, 0.1) is 13.2 Å². The maximum absolute atomic E-state index is 6.04. The predicted molar refractivity (Wildman–Crippen MR) is 74.1 cm³/mol. The second-order valence-corrected chi connectivity index (χ2v) is 5.08. The third-order valence-electron chi connectivity index (χ3n) is 3.85. The standard InChI is InChI=1S/C15H23NO2/c1-3-11-4-7-13(8-5-11)18-14-9-6-12(16)10-15(14)17-2/h6,9-11,13H,3-5,7-8,16H2,1-2H3. The Morgan fingerprint density at radius 3 is 2.50 bits per heavy atom. The van der Waals surface area contributed by atoms with E-state index in [1.54, 1.807) is 7.11 Å². The number of hydrogen-bond donors (Lipinski definition) is 1. The summed E-state index contributed by atoms with van der Waals surface area (Å²) in [5.41, 5.74) is 6.44. The first-order chi connectivity index (χ1) is 8.72. The van der Waals surface area contributed by atoms with Crippen molar-refractivity contribution in [1.82, 2.24) is 0 Å². The van der Waals surface area contributed by atoms with Crippen LogP contribution in [0.4, 0.5) is 5.69 Å². The van der Waals surface area contributed by atoms with Crippen molar-refractivity contribution in [2.24, 2.45) is 5.92 Å². The number of methoxy groups -OCH3 is 1. The van der Waals surface area contributed by atoms with Gasteiger partial charge in [-0.3, -0.25) is 0 Å². The molecule has 0 atom stereocenters. The number of nitrogen functional groups attached to an aromatic ring is 1. The van der Waals surface area contributed by atoms with Crippen LogP contribution in [0.2, 0.25) is 0 Å². The van der Waals surface area contributed by atoms with Gasteiger partial charge in [-0.25, -0.2) is 0 Å². The minimum absolute atomic E-state index is 0.324. The van der Waals surface area contributed by atoms with Gasteiger partial charge in [0, 0.05) is 11.8 Å². The van der Waals surface area contributed by atoms with Gasteiger partial charge in [0.1, 0.15) is 0 Å². The Bertz CT molecular complexity index is 384. The topological polar surface area (TPSA) is 44.5 Å². The molecule has 2 rings (SSSR count). The summed E-state index contributed by atoms with van der Waals surface area (Å²) in [5, 5.41) is 0. The molecular formula is C15H23NO2. The monoisotopic (exact) mass is 249 g/mol. The van der Waals surface area contributed by atoms with Crippen LogP contribution in [0.1, 0.15) is 39.0 Å². The van der Waals surface area contributed by atoms with E-state index in [0.29, 0.717) is 11.8 Å². The molecule has 1 aromatic carbocycles. The highest BCUT2D eigenvalue weighted by Crippen LogP contribution is 2.34. The highest BCUT2D eigenvalue weighted by Gasteiger charge is 2.22. The molecular weight excluding hydrogens is 226 g/mol. The predicted octanol–water partition coefficient (Wildman–Crippen LogP) is 3.63. The molecule has 1 aliphatic rings. The molecule has 18 heavy (non-hydrogen) atoms. The average molecular weight is 249 g/mol. The molecule has 3 heteroatoms. The molecule has 0 heterocycles. The SMILES string of the molecule is CCC1CCC(Oc2ccc(N)cc2OC)CC1. The van der Waals surface area contributed by atoms with Crippen LogP contribution in [0.5, 0.6) is 11.5 Å². The Morgan fingerprint density at radius 2 is 1.89 bits per heavy atom. The van der Waals surface area contributed by atoms with E-state index in [0.717, 1.165) is 30.3 Å². The van der Waals surface area contributed by atoms with Crippen molar-refractivity contribution in [2.45, 2.75) is 45.1 Å². The molecule has 0 aromatic heterocycles. The molecule has 0 amide bonds. The van der Waals surface area contributed by atoms with Gasteiger partial charge < -0.3 is 15.2 Å². The van der Waals surface area contributed by atoms with Gasteiger partial charge in [-0.05, 0) is 43.7 Å². The first kappa shape index (κ1) is 13.1. The van der Waals surface area contributed by atoms with E-state index < -0.39 is 0 Å². The van der Waals surface area contributed by atoms with Crippen LogP contribution in [0.15, 0.2) is 18.2 Å². The molecule has 1 aliphatic carbocycles. The van der Waals surface area contributed by atoms with E-state index in [4.69, 9.17) is 15.2 Å². The van der Waals surface area contributed by atoms with Gasteiger partial charge in [-0.2, -0.15) is 0 Å². The molecule has 1 saturated carbocycles. The molecule has 0 unspecified atom stereocenters. The summed E-state index contributed by atoms with van der Waals surface area (Å²) < 4.78 is 11.3. The van der Waals surface area contributed by atoms with Gasteiger partial charge in [-0.15, -0.1) is 0 Å². The lowest BCUT2D eigenvalue weighted by molar-refractivity contribution is 0.126. The first-order valence-electron chi connectivity index (χ1n) is 6.83. The quantitative estimate of drug-likeness (QED) is 0.829. The third-order valence-corrected chi connectivity index (χ3v) is 3.85. The molecule has 1 aromatic rings. The second-order valence-electron chi connectivity index (χ2n) is 5.08. The lowest BCUT2D eigenvalue weighted by Crippen LogP contribution is -2.24. The summed E-state index contributed by atoms with van der Waals surface area (Å²) in [5.74, 6) is 2.43. The number of ether oxygens (including phenoxy) is 2. The van der Waals surface area contributed by atoms with Crippen molar-refractivity contribution in [1.29, 1.82) is 0 Å². The highest BCUT2D eigenvalue weighted by atomic mass is 16.5. The second kappa shape index (κ2) is 5.98. The molecule has 1 fully saturated rings. The van der Waals surface area contributed by atoms with Crippen LogP contribution in [-0.4, -0.2) is 13.2 Å². The van der Waals surface area contributed by atoms with E-state index in [9.17, 15) is 0 Å². The summed E-state index contributed by atoms with van der Waals surface area (Å²) in [6.45, 7) is 2.27. The number of anilines is 1. The third kappa shape index (κ3) is 3.09. The lowest BCUT2D eigenvalue weighted by Gasteiger charge is -2.28. The van der Waals surface area contributed by atoms with Gasteiger partial charge >= 0.3 is 0 Å². The van der Waals surface area contributed by atoms with Crippen LogP contribution in [0.25, 0.3) is 0 Å². The molecule has 100 valence electrons. The maximum Gasteiger partial charge on any atom is 0.162 e. The fraction of sp³-hybridized carbons (Fsp3) is 0.600. The number of rotatable bonds is 4. The highest BCUT2D eigenvalue weighted by molar-refractivity contribution is 5.51. The van der Waals surface area contributed by atoms with E-state index in [2.05, 4.69) is 6.92 Å². The molecule has 3 nitrogen and oxygen atoms in total. The Hall–Kier alpha value is -1.38. The smallest absolute Gasteiger partial charge is 0.162 e. The number of nitrogens with two attached hydrogens (primary N) is 1. The van der Waals surface area contributed by atoms with Gasteiger partial charge in [0.15, 0.2) is 11.5 Å². The molecule has 0 radical (unpaired) electrons. The van der Waals surface area contributed by atoms with Gasteiger partial charge in [0.2, 0.25) is 0 Å². The Labute approximate surface area is 109 Å². The number of benzene rings is 1. The van der Waals surface area contributed by atoms with Crippen molar-refractivity contribution in [3.63, 3.8) is 0 Å². The van der Waals surface area contributed by atoms with E-state index >= 15 is 0 Å². The zero-order valence-corrected chi connectivity index (χ0v) is 11.3. The number of hydrogen-bond acceptors (Lipinski definition) is 3. The Balaban J connectivity index is 1.97. The minimum Gasteiger partial charge on any atom is -0.493 e. The summed E-state index contributed by atoms with van der Waals surface area (Å²) in [4.78, 5) is 0. The molecule has 0 aliphatic heterocycles. The van der Waals surface area contributed by atoms with Crippen LogP contribution in [0.3, 0.4) is 0 Å². The zero-order chi connectivity index (χ0) is 13.0. The largest absolute Gasteiger partial charge is 0.493 e. The van der Waals surface area contributed by atoms with Crippen molar-refractivity contribution < 1.29 is 9.47 Å². The fourth-order valence-electron chi connectivity index (χ4n) is 2.62. The fourth-order valence-corrected chi connectivity index (χ4v) is 2.62. The summed E-state index contributed by atoms with van der Waals surface area (Å²) in [6, 6.07) is 5.57. The first-order valence-corrected chi connectivity index (χ1v) is 6.83. The van der Waals surface area contributed by atoms with E-state index in [1.165, 1.54) is 19.3 Å². The molecule has 0 saturated heterocycles. The summed E-state index contributed by atoms with van der Waals surface area (Å²) in [6.07, 6.45) is 6.46. The Kier molecular flexibility index (Phi) is 4.34. The Morgan fingerprint density at radius 1 is 1.17 bits per heavy atom. The van der Waals surface area contributed by atoms with Crippen LogP contribution >= 0.6 is 0 Å². The van der Waals surface area contributed by atoms with Crippen LogP contribution in [0, 0.1) is 5.92 Å².